The molecule has 0 atom stereocenters. The molecule has 2 aromatic carbocycles. The highest BCUT2D eigenvalue weighted by Crippen LogP contribution is 2.21. The van der Waals surface area contributed by atoms with Crippen molar-refractivity contribution in [2.75, 3.05) is 5.32 Å². The van der Waals surface area contributed by atoms with Crippen LogP contribution < -0.4 is 10.9 Å². The van der Waals surface area contributed by atoms with Crippen LogP contribution in [0.2, 0.25) is 0 Å². The first-order valence-corrected chi connectivity index (χ1v) is 6.67. The molecule has 0 saturated heterocycles. The van der Waals surface area contributed by atoms with Crippen LogP contribution in [-0.4, -0.2) is 20.6 Å². The lowest BCUT2D eigenvalue weighted by Crippen LogP contribution is -2.28. The second-order valence-corrected chi connectivity index (χ2v) is 4.74. The first-order valence-electron chi connectivity index (χ1n) is 6.67. The van der Waals surface area contributed by atoms with Gasteiger partial charge in [0.05, 0.1) is 22.9 Å². The molecular weight excluding hydrogens is 282 g/mol. The van der Waals surface area contributed by atoms with E-state index in [2.05, 4.69) is 10.3 Å². The molecule has 0 bridgehead atoms. The Labute approximate surface area is 125 Å². The molecule has 22 heavy (non-hydrogen) atoms. The van der Waals surface area contributed by atoms with Gasteiger partial charge in [-0.05, 0) is 24.3 Å². The molecule has 2 N–H and O–H groups in total. The van der Waals surface area contributed by atoms with Gasteiger partial charge in [0.1, 0.15) is 12.3 Å². The lowest BCUT2D eigenvalue weighted by Gasteiger charge is -2.10. The summed E-state index contributed by atoms with van der Waals surface area (Å²) in [4.78, 5) is 28.1. The lowest BCUT2D eigenvalue weighted by molar-refractivity contribution is -0.116. The number of hydrogen-bond donors (Lipinski definition) is 2. The van der Waals surface area contributed by atoms with Gasteiger partial charge in [0, 0.05) is 0 Å². The van der Waals surface area contributed by atoms with Crippen molar-refractivity contribution in [2.24, 2.45) is 0 Å². The standard InChI is InChI=1S/C16H13N3O3/c20-14-8-4-2-6-12(14)18-15(21)10-19-13-7-3-1-5-11(13)17-9-16(19)22/h1-9,20H,10H2,(H,18,21). The van der Waals surface area contributed by atoms with Crippen LogP contribution in [0.15, 0.2) is 59.5 Å². The number of phenolic OH excluding ortho intramolecular Hbond substituents is 1. The number of aromatic hydroxyl groups is 1. The monoisotopic (exact) mass is 295 g/mol. The van der Waals surface area contributed by atoms with Gasteiger partial charge >= 0.3 is 0 Å². The Morgan fingerprint density at radius 2 is 1.86 bits per heavy atom. The molecule has 110 valence electrons. The van der Waals surface area contributed by atoms with Gasteiger partial charge in [-0.2, -0.15) is 0 Å². The van der Waals surface area contributed by atoms with Gasteiger partial charge in [0.15, 0.2) is 0 Å². The summed E-state index contributed by atoms with van der Waals surface area (Å²) in [6.07, 6.45) is 1.19. The van der Waals surface area contributed by atoms with Crippen LogP contribution in [0.25, 0.3) is 11.0 Å². The molecule has 1 heterocycles. The molecule has 0 fully saturated rings. The molecule has 0 radical (unpaired) electrons. The molecule has 1 aromatic heterocycles. The van der Waals surface area contributed by atoms with E-state index >= 15 is 0 Å². The molecule has 0 unspecified atom stereocenters. The normalized spacial score (nSPS) is 10.5. The third-order valence-corrected chi connectivity index (χ3v) is 3.23. The summed E-state index contributed by atoms with van der Waals surface area (Å²) < 4.78 is 1.34. The van der Waals surface area contributed by atoms with Crippen LogP contribution in [0, 0.1) is 0 Å². The average Bonchev–Trinajstić information content (AvgIpc) is 2.52. The minimum Gasteiger partial charge on any atom is -0.506 e. The predicted octanol–water partition coefficient (Wildman–Crippen LogP) is 1.74. The van der Waals surface area contributed by atoms with E-state index in [1.54, 1.807) is 36.4 Å². The maximum Gasteiger partial charge on any atom is 0.269 e. The second-order valence-electron chi connectivity index (χ2n) is 4.74. The van der Waals surface area contributed by atoms with Gasteiger partial charge in [-0.1, -0.05) is 24.3 Å². The van der Waals surface area contributed by atoms with Crippen molar-refractivity contribution in [1.82, 2.24) is 9.55 Å². The van der Waals surface area contributed by atoms with Crippen molar-refractivity contribution in [1.29, 1.82) is 0 Å². The number of rotatable bonds is 3. The Bertz CT molecular complexity index is 902. The van der Waals surface area contributed by atoms with Gasteiger partial charge < -0.3 is 10.4 Å². The molecule has 0 spiro atoms. The number of hydrogen-bond acceptors (Lipinski definition) is 4. The fourth-order valence-corrected chi connectivity index (χ4v) is 2.19. The number of para-hydroxylation sites is 4. The molecular formula is C16H13N3O3. The number of nitrogens with one attached hydrogen (secondary N) is 1. The zero-order valence-electron chi connectivity index (χ0n) is 11.6. The van der Waals surface area contributed by atoms with Crippen molar-refractivity contribution in [3.63, 3.8) is 0 Å². The summed E-state index contributed by atoms with van der Waals surface area (Å²) in [6.45, 7) is -0.157. The fraction of sp³-hybridized carbons (Fsp3) is 0.0625. The molecule has 0 aliphatic carbocycles. The molecule has 0 aliphatic rings. The maximum atomic E-state index is 12.1. The summed E-state index contributed by atoms with van der Waals surface area (Å²) in [5.74, 6) is -0.428. The molecule has 1 amide bonds. The maximum absolute atomic E-state index is 12.1. The van der Waals surface area contributed by atoms with Gasteiger partial charge in [-0.25, -0.2) is 4.98 Å². The van der Waals surface area contributed by atoms with E-state index in [0.717, 1.165) is 0 Å². The van der Waals surface area contributed by atoms with Crippen LogP contribution >= 0.6 is 0 Å². The number of carbonyl (C=O) groups excluding carboxylic acids is 1. The summed E-state index contributed by atoms with van der Waals surface area (Å²) in [5.41, 5.74) is 1.17. The largest absolute Gasteiger partial charge is 0.506 e. The molecule has 0 saturated carbocycles. The number of carbonyl (C=O) groups is 1. The highest BCUT2D eigenvalue weighted by molar-refractivity contribution is 5.92. The minimum absolute atomic E-state index is 0.0252. The molecule has 3 aromatic rings. The minimum atomic E-state index is -0.403. The van der Waals surface area contributed by atoms with Crippen LogP contribution in [0.4, 0.5) is 5.69 Å². The summed E-state index contributed by atoms with van der Waals surface area (Å²) in [7, 11) is 0. The van der Waals surface area contributed by atoms with E-state index in [9.17, 15) is 14.7 Å². The van der Waals surface area contributed by atoms with E-state index in [0.29, 0.717) is 16.7 Å². The number of nitrogens with zero attached hydrogens (tertiary/aromatic N) is 2. The molecule has 0 aliphatic heterocycles. The third kappa shape index (κ3) is 2.67. The van der Waals surface area contributed by atoms with Crippen LogP contribution in [0.3, 0.4) is 0 Å². The smallest absolute Gasteiger partial charge is 0.269 e. The molecule has 6 nitrogen and oxygen atoms in total. The van der Waals surface area contributed by atoms with Crippen LogP contribution in [-0.2, 0) is 11.3 Å². The van der Waals surface area contributed by atoms with Gasteiger partial charge in [0.2, 0.25) is 5.91 Å². The Hall–Kier alpha value is -3.15. The highest BCUT2D eigenvalue weighted by atomic mass is 16.3. The quantitative estimate of drug-likeness (QED) is 0.721. The Kier molecular flexibility index (Phi) is 3.57. The van der Waals surface area contributed by atoms with E-state index in [1.807, 2.05) is 6.07 Å². The van der Waals surface area contributed by atoms with Crippen molar-refractivity contribution in [3.8, 4) is 5.75 Å². The summed E-state index contributed by atoms with van der Waals surface area (Å²) in [5, 5.41) is 12.2. The van der Waals surface area contributed by atoms with Crippen molar-refractivity contribution >= 4 is 22.6 Å². The zero-order valence-corrected chi connectivity index (χ0v) is 11.6. The van der Waals surface area contributed by atoms with Crippen molar-refractivity contribution < 1.29 is 9.90 Å². The first-order chi connectivity index (χ1) is 10.6. The summed E-state index contributed by atoms with van der Waals surface area (Å²) >= 11 is 0. The SMILES string of the molecule is O=C(Cn1c(=O)cnc2ccccc21)Nc1ccccc1O. The Balaban J connectivity index is 1.90. The van der Waals surface area contributed by atoms with E-state index in [-0.39, 0.29) is 17.9 Å². The summed E-state index contributed by atoms with van der Waals surface area (Å²) in [6, 6.07) is 13.5. The molecule has 3 rings (SSSR count). The van der Waals surface area contributed by atoms with Crippen LogP contribution in [0.1, 0.15) is 0 Å². The number of benzene rings is 2. The van der Waals surface area contributed by atoms with E-state index < -0.39 is 5.91 Å². The number of anilines is 1. The topological polar surface area (TPSA) is 84.2 Å². The number of fused-ring (bicyclic) bond motifs is 1. The van der Waals surface area contributed by atoms with Gasteiger partial charge in [-0.15, -0.1) is 0 Å². The van der Waals surface area contributed by atoms with Crippen molar-refractivity contribution in [2.45, 2.75) is 6.54 Å². The number of aromatic nitrogens is 2. The lowest BCUT2D eigenvalue weighted by atomic mass is 10.3. The fourth-order valence-electron chi connectivity index (χ4n) is 2.19. The first kappa shape index (κ1) is 13.8. The van der Waals surface area contributed by atoms with E-state index in [1.165, 1.54) is 16.8 Å². The zero-order chi connectivity index (χ0) is 15.5. The number of amides is 1. The third-order valence-electron chi connectivity index (χ3n) is 3.23. The second kappa shape index (κ2) is 5.69. The molecule has 6 heteroatoms. The van der Waals surface area contributed by atoms with Gasteiger partial charge in [-0.3, -0.25) is 14.2 Å². The Morgan fingerprint density at radius 1 is 1.14 bits per heavy atom. The Morgan fingerprint density at radius 3 is 2.68 bits per heavy atom. The van der Waals surface area contributed by atoms with Crippen LogP contribution in [0.5, 0.6) is 5.75 Å². The predicted molar refractivity (Wildman–Crippen MR) is 82.7 cm³/mol. The van der Waals surface area contributed by atoms with E-state index in [4.69, 9.17) is 0 Å². The number of phenols is 1. The van der Waals surface area contributed by atoms with Gasteiger partial charge in [0.25, 0.3) is 5.56 Å². The highest BCUT2D eigenvalue weighted by Gasteiger charge is 2.10. The average molecular weight is 295 g/mol. The van der Waals surface area contributed by atoms with Crippen molar-refractivity contribution in [3.05, 3.63) is 65.1 Å².